The van der Waals surface area contributed by atoms with Crippen LogP contribution in [-0.2, 0) is 21.4 Å². The second-order valence-electron chi connectivity index (χ2n) is 13.9. The largest absolute Gasteiger partial charge is 0.494 e. The van der Waals surface area contributed by atoms with Crippen molar-refractivity contribution in [2.75, 3.05) is 79.5 Å². The molecular formula is C39H49ClN8O5S. The van der Waals surface area contributed by atoms with E-state index in [1.54, 1.807) is 31.4 Å². The van der Waals surface area contributed by atoms with E-state index >= 15 is 0 Å². The Balaban J connectivity index is 0.966. The molecule has 0 atom stereocenters. The number of halogens is 1. The highest BCUT2D eigenvalue weighted by molar-refractivity contribution is 7.92. The Morgan fingerprint density at radius 1 is 0.926 bits per heavy atom. The third-order valence-electron chi connectivity index (χ3n) is 10.1. The first-order valence-electron chi connectivity index (χ1n) is 18.2. The summed E-state index contributed by atoms with van der Waals surface area (Å²) in [5, 5.41) is 9.64. The third-order valence-corrected chi connectivity index (χ3v) is 11.6. The van der Waals surface area contributed by atoms with E-state index in [4.69, 9.17) is 21.1 Å². The normalized spacial score (nSPS) is 15.7. The van der Waals surface area contributed by atoms with Gasteiger partial charge in [-0.3, -0.25) is 4.31 Å². The van der Waals surface area contributed by atoms with Crippen LogP contribution in [0.15, 0.2) is 79.0 Å². The monoisotopic (exact) mass is 776 g/mol. The number of nitrogens with zero attached hydrogens (tertiary/aromatic N) is 5. The van der Waals surface area contributed by atoms with Crippen LogP contribution in [0.25, 0.3) is 0 Å². The molecule has 3 heterocycles. The molecule has 0 bridgehead atoms. The predicted molar refractivity (Wildman–Crippen MR) is 215 cm³/mol. The van der Waals surface area contributed by atoms with Crippen LogP contribution in [0.1, 0.15) is 31.2 Å². The average molecular weight is 777 g/mol. The molecule has 1 amide bonds. The van der Waals surface area contributed by atoms with Gasteiger partial charge in [-0.2, -0.15) is 4.98 Å². The fraction of sp³-hybridized carbons (Fsp3) is 0.410. The Morgan fingerprint density at radius 2 is 1.63 bits per heavy atom. The van der Waals surface area contributed by atoms with E-state index in [-0.39, 0.29) is 17.7 Å². The number of sulfonamides is 1. The summed E-state index contributed by atoms with van der Waals surface area (Å²) in [5.74, 6) is 2.40. The first-order chi connectivity index (χ1) is 26.1. The summed E-state index contributed by atoms with van der Waals surface area (Å²) in [6.07, 6.45) is 6.67. The molecular weight excluding hydrogens is 728 g/mol. The average Bonchev–Trinajstić information content (AvgIpc) is 3.18. The van der Waals surface area contributed by atoms with Gasteiger partial charge >= 0.3 is 6.09 Å². The fourth-order valence-electron chi connectivity index (χ4n) is 6.89. The number of anilines is 6. The quantitative estimate of drug-likeness (QED) is 0.124. The number of piperidine rings is 2. The number of benzene rings is 3. The molecule has 0 unspecified atom stereocenters. The van der Waals surface area contributed by atoms with Crippen molar-refractivity contribution in [3.8, 4) is 5.75 Å². The topological polar surface area (TPSA) is 141 Å². The molecule has 4 aromatic rings. The molecule has 6 rings (SSSR count). The van der Waals surface area contributed by atoms with E-state index < -0.39 is 10.0 Å². The van der Waals surface area contributed by atoms with E-state index in [1.165, 1.54) is 17.5 Å². The van der Waals surface area contributed by atoms with Crippen LogP contribution in [0.2, 0.25) is 5.02 Å². The van der Waals surface area contributed by atoms with Gasteiger partial charge in [0.2, 0.25) is 16.0 Å². The van der Waals surface area contributed by atoms with Crippen LogP contribution >= 0.6 is 11.6 Å². The van der Waals surface area contributed by atoms with Crippen molar-refractivity contribution in [3.05, 3.63) is 89.6 Å². The lowest BCUT2D eigenvalue weighted by Gasteiger charge is -2.38. The number of carbonyl (C=O) groups is 1. The zero-order valence-corrected chi connectivity index (χ0v) is 32.6. The Bertz CT molecular complexity index is 1970. The maximum absolute atomic E-state index is 12.2. The summed E-state index contributed by atoms with van der Waals surface area (Å²) >= 11 is 6.46. The van der Waals surface area contributed by atoms with E-state index in [0.29, 0.717) is 53.0 Å². The standard InChI is InChI=1S/C39H49ClN8O5S/c1-46(54(3,50)51)35-12-8-7-11-33(35)43-37-32(40)25-41-38(45-37)44-34-14-13-31(23-36(34)52-2)48-21-17-29(18-22-48)26-47-19-15-28(16-20-47)24-42-39(49)53-27-30-9-5-4-6-10-30/h4-14,23,25,28-29H,15-22,24,26-27H2,1-3H3,(H,42,49)(H2,41,43,44,45). The van der Waals surface area contributed by atoms with E-state index in [0.717, 1.165) is 75.9 Å². The maximum atomic E-state index is 12.2. The van der Waals surface area contributed by atoms with Crippen molar-refractivity contribution in [2.24, 2.45) is 11.8 Å². The number of carbonyl (C=O) groups excluding carboxylic acids is 1. The highest BCUT2D eigenvalue weighted by Crippen LogP contribution is 2.35. The van der Waals surface area contributed by atoms with Crippen LogP contribution in [0, 0.1) is 11.8 Å². The van der Waals surface area contributed by atoms with Crippen LogP contribution < -0.4 is 29.9 Å². The number of nitrogens with one attached hydrogen (secondary N) is 3. The molecule has 0 saturated carbocycles. The highest BCUT2D eigenvalue weighted by Gasteiger charge is 2.26. The van der Waals surface area contributed by atoms with Crippen molar-refractivity contribution in [3.63, 3.8) is 0 Å². The van der Waals surface area contributed by atoms with Crippen LogP contribution in [-0.4, -0.2) is 89.1 Å². The second-order valence-corrected chi connectivity index (χ2v) is 16.3. The van der Waals surface area contributed by atoms with Gasteiger partial charge in [0.1, 0.15) is 17.4 Å². The molecule has 3 N–H and O–H groups in total. The number of methoxy groups -OCH3 is 1. The number of alkyl carbamates (subject to hydrolysis) is 1. The molecule has 15 heteroatoms. The summed E-state index contributed by atoms with van der Waals surface area (Å²) in [6, 6.07) is 22.8. The molecule has 0 radical (unpaired) electrons. The Labute approximate surface area is 323 Å². The van der Waals surface area contributed by atoms with Gasteiger partial charge in [-0.15, -0.1) is 0 Å². The number of para-hydroxylation sites is 2. The first-order valence-corrected chi connectivity index (χ1v) is 20.5. The molecule has 1 aromatic heterocycles. The minimum atomic E-state index is -3.49. The summed E-state index contributed by atoms with van der Waals surface area (Å²) < 4.78 is 36.8. The number of ether oxygens (including phenoxy) is 2. The maximum Gasteiger partial charge on any atom is 0.407 e. The van der Waals surface area contributed by atoms with Gasteiger partial charge in [-0.1, -0.05) is 54.1 Å². The Kier molecular flexibility index (Phi) is 13.0. The number of aromatic nitrogens is 2. The Hall–Kier alpha value is -4.79. The first kappa shape index (κ1) is 38.9. The van der Waals surface area contributed by atoms with E-state index in [2.05, 4.69) is 41.8 Å². The second kappa shape index (κ2) is 18.0. The molecule has 2 saturated heterocycles. The number of hydrogen-bond acceptors (Lipinski definition) is 11. The van der Waals surface area contributed by atoms with Crippen molar-refractivity contribution >= 4 is 62.2 Å². The summed E-state index contributed by atoms with van der Waals surface area (Å²) in [7, 11) is -0.360. The van der Waals surface area contributed by atoms with Gasteiger partial charge in [-0.25, -0.2) is 18.2 Å². The summed E-state index contributed by atoms with van der Waals surface area (Å²) in [6.45, 7) is 6.10. The lowest BCUT2D eigenvalue weighted by atomic mass is 9.92. The smallest absolute Gasteiger partial charge is 0.407 e. The Morgan fingerprint density at radius 3 is 2.35 bits per heavy atom. The van der Waals surface area contributed by atoms with Crippen molar-refractivity contribution in [1.82, 2.24) is 20.2 Å². The van der Waals surface area contributed by atoms with Crippen LogP contribution in [0.4, 0.5) is 39.3 Å². The molecule has 13 nitrogen and oxygen atoms in total. The van der Waals surface area contributed by atoms with Gasteiger partial charge in [0.25, 0.3) is 0 Å². The number of rotatable bonds is 14. The molecule has 3 aromatic carbocycles. The summed E-state index contributed by atoms with van der Waals surface area (Å²) in [4.78, 5) is 26.1. The van der Waals surface area contributed by atoms with Crippen molar-refractivity contribution in [2.45, 2.75) is 32.3 Å². The van der Waals surface area contributed by atoms with Gasteiger partial charge in [-0.05, 0) is 80.4 Å². The number of hydrogen-bond donors (Lipinski definition) is 3. The predicted octanol–water partition coefficient (Wildman–Crippen LogP) is 6.88. The fourth-order valence-corrected chi connectivity index (χ4v) is 7.54. The van der Waals surface area contributed by atoms with Crippen molar-refractivity contribution in [1.29, 1.82) is 0 Å². The summed E-state index contributed by atoms with van der Waals surface area (Å²) in [5.41, 5.74) is 3.75. The van der Waals surface area contributed by atoms with E-state index in [1.807, 2.05) is 42.5 Å². The minimum absolute atomic E-state index is 0.277. The van der Waals surface area contributed by atoms with Gasteiger partial charge < -0.3 is 35.2 Å². The highest BCUT2D eigenvalue weighted by atomic mass is 35.5. The molecule has 2 aliphatic rings. The van der Waals surface area contributed by atoms with Crippen LogP contribution in [0.5, 0.6) is 5.75 Å². The van der Waals surface area contributed by atoms with Gasteiger partial charge in [0.05, 0.1) is 36.6 Å². The van der Waals surface area contributed by atoms with E-state index in [9.17, 15) is 13.2 Å². The SMILES string of the molecule is COc1cc(N2CCC(CN3CCC(CNC(=O)OCc4ccccc4)CC3)CC2)ccc1Nc1ncc(Cl)c(Nc2ccccc2N(C)S(C)(=O)=O)n1. The van der Waals surface area contributed by atoms with Crippen LogP contribution in [0.3, 0.4) is 0 Å². The minimum Gasteiger partial charge on any atom is -0.494 e. The molecule has 54 heavy (non-hydrogen) atoms. The third kappa shape index (κ3) is 10.5. The zero-order chi connectivity index (χ0) is 38.1. The van der Waals surface area contributed by atoms with Gasteiger partial charge in [0.15, 0.2) is 5.82 Å². The zero-order valence-electron chi connectivity index (χ0n) is 31.0. The lowest BCUT2D eigenvalue weighted by Crippen LogP contribution is -2.43. The molecule has 2 fully saturated rings. The molecule has 0 spiro atoms. The van der Waals surface area contributed by atoms with Crippen molar-refractivity contribution < 1.29 is 22.7 Å². The molecule has 288 valence electrons. The van der Waals surface area contributed by atoms with Gasteiger partial charge in [0, 0.05) is 45.0 Å². The molecule has 2 aliphatic heterocycles. The molecule has 0 aliphatic carbocycles. The number of likely N-dealkylation sites (tertiary alicyclic amines) is 1. The lowest BCUT2D eigenvalue weighted by molar-refractivity contribution is 0.128. The number of amides is 1.